The predicted molar refractivity (Wildman–Crippen MR) is 141 cm³/mol. The Bertz CT molecular complexity index is 1280. The first kappa shape index (κ1) is 23.8. The minimum absolute atomic E-state index is 0.0519. The maximum Gasteiger partial charge on any atom is 0.268 e. The van der Waals surface area contributed by atoms with E-state index in [4.69, 9.17) is 14.2 Å². The van der Waals surface area contributed by atoms with Crippen LogP contribution in [0.5, 0.6) is 17.2 Å². The number of nitrogens with zero attached hydrogens (tertiary/aromatic N) is 1. The van der Waals surface area contributed by atoms with E-state index < -0.39 is 6.10 Å². The molecular formula is C30H27NO4S. The number of ether oxygens (including phenoxy) is 3. The van der Waals surface area contributed by atoms with E-state index >= 15 is 0 Å². The van der Waals surface area contributed by atoms with Crippen LogP contribution in [0.2, 0.25) is 0 Å². The molecule has 4 aromatic rings. The molecule has 1 heterocycles. The molecule has 0 radical (unpaired) electrons. The maximum atomic E-state index is 13.7. The summed E-state index contributed by atoms with van der Waals surface area (Å²) in [5, 5.41) is -0.256. The molecule has 0 aromatic heterocycles. The van der Waals surface area contributed by atoms with Gasteiger partial charge in [-0.2, -0.15) is 0 Å². The number of para-hydroxylation sites is 1. The van der Waals surface area contributed by atoms with E-state index in [1.165, 1.54) is 0 Å². The van der Waals surface area contributed by atoms with Gasteiger partial charge < -0.3 is 19.1 Å². The topological polar surface area (TPSA) is 48.0 Å². The normalized spacial score (nSPS) is 17.7. The quantitative estimate of drug-likeness (QED) is 0.194. The monoisotopic (exact) mass is 497 g/mol. The lowest BCUT2D eigenvalue weighted by Gasteiger charge is -2.50. The number of carbonyl (C=O) groups excluding carboxylic acids is 1. The molecule has 1 amide bonds. The Balaban J connectivity index is 1.54. The number of carbonyl (C=O) groups is 1. The number of β-lactam (4-membered cyclic amide) rings is 1. The minimum atomic E-state index is -0.627. The van der Waals surface area contributed by atoms with Crippen molar-refractivity contribution < 1.29 is 19.0 Å². The molecule has 0 saturated carbocycles. The van der Waals surface area contributed by atoms with E-state index in [1.54, 1.807) is 26.0 Å². The van der Waals surface area contributed by atoms with Gasteiger partial charge in [0.25, 0.3) is 5.91 Å². The molecule has 6 heteroatoms. The molecule has 1 aliphatic rings. The number of methoxy groups -OCH3 is 2. The SMILES string of the molecule is COc1ccc([C@H](Sc2ccccc2)N2C(=O)[C@H](Oc3ccccc3)[C@@H]2c2ccc(OC)cc2)cc1. The number of amides is 1. The Morgan fingerprint density at radius 3 is 1.83 bits per heavy atom. The van der Waals surface area contributed by atoms with E-state index in [-0.39, 0.29) is 17.3 Å². The van der Waals surface area contributed by atoms with Gasteiger partial charge in [-0.05, 0) is 59.7 Å². The van der Waals surface area contributed by atoms with Crippen LogP contribution >= 0.6 is 11.8 Å². The number of thioether (sulfide) groups is 1. The summed E-state index contributed by atoms with van der Waals surface area (Å²) in [5.41, 5.74) is 2.00. The highest BCUT2D eigenvalue weighted by Gasteiger charge is 2.53. The molecule has 3 atom stereocenters. The van der Waals surface area contributed by atoms with Gasteiger partial charge in [0.1, 0.15) is 28.7 Å². The lowest BCUT2D eigenvalue weighted by molar-refractivity contribution is -0.165. The molecule has 4 aromatic carbocycles. The van der Waals surface area contributed by atoms with Gasteiger partial charge in [-0.25, -0.2) is 0 Å². The van der Waals surface area contributed by atoms with E-state index in [0.29, 0.717) is 5.75 Å². The highest BCUT2D eigenvalue weighted by Crippen LogP contribution is 2.49. The van der Waals surface area contributed by atoms with Crippen LogP contribution in [0.3, 0.4) is 0 Å². The summed E-state index contributed by atoms with van der Waals surface area (Å²) in [4.78, 5) is 16.7. The van der Waals surface area contributed by atoms with Crippen molar-refractivity contribution in [1.29, 1.82) is 0 Å². The van der Waals surface area contributed by atoms with Crippen molar-refractivity contribution in [2.24, 2.45) is 0 Å². The van der Waals surface area contributed by atoms with Gasteiger partial charge in [-0.1, -0.05) is 72.4 Å². The average Bonchev–Trinajstić information content (AvgIpc) is 2.95. The Labute approximate surface area is 215 Å². The van der Waals surface area contributed by atoms with Gasteiger partial charge in [0.2, 0.25) is 6.10 Å². The zero-order chi connectivity index (χ0) is 24.9. The third-order valence-corrected chi connectivity index (χ3v) is 7.46. The van der Waals surface area contributed by atoms with Gasteiger partial charge >= 0.3 is 0 Å². The van der Waals surface area contributed by atoms with Gasteiger partial charge in [-0.15, -0.1) is 0 Å². The molecule has 5 rings (SSSR count). The van der Waals surface area contributed by atoms with Crippen LogP contribution in [0.4, 0.5) is 0 Å². The third-order valence-electron chi connectivity index (χ3n) is 6.19. The summed E-state index contributed by atoms with van der Waals surface area (Å²) in [6.45, 7) is 0. The van der Waals surface area contributed by atoms with Crippen LogP contribution in [0.1, 0.15) is 22.5 Å². The van der Waals surface area contributed by atoms with Gasteiger partial charge in [0.05, 0.1) is 14.2 Å². The predicted octanol–water partition coefficient (Wildman–Crippen LogP) is 6.53. The van der Waals surface area contributed by atoms with E-state index in [9.17, 15) is 4.79 Å². The first-order valence-corrected chi connectivity index (χ1v) is 12.6. The molecule has 1 fully saturated rings. The molecule has 5 nitrogen and oxygen atoms in total. The minimum Gasteiger partial charge on any atom is -0.497 e. The summed E-state index contributed by atoms with van der Waals surface area (Å²) in [6, 6.07) is 35.1. The number of rotatable bonds is 9. The molecule has 0 bridgehead atoms. The second kappa shape index (κ2) is 10.8. The van der Waals surface area contributed by atoms with Crippen LogP contribution in [0.25, 0.3) is 0 Å². The summed E-state index contributed by atoms with van der Waals surface area (Å²) in [6.07, 6.45) is -0.627. The summed E-state index contributed by atoms with van der Waals surface area (Å²) < 4.78 is 17.0. The second-order valence-corrected chi connectivity index (χ2v) is 9.53. The standard InChI is InChI=1S/C30H27NO4S/c1-33-23-17-13-21(14-18-23)27-28(35-25-9-5-3-6-10-25)29(32)31(27)30(36-26-11-7-4-8-12-26)22-15-19-24(34-2)20-16-22/h3-20,27-28,30H,1-2H3/t27-,28+,30-/m0/s1. The number of hydrogen-bond acceptors (Lipinski definition) is 5. The van der Waals surface area contributed by atoms with Crippen molar-refractivity contribution >= 4 is 17.7 Å². The van der Waals surface area contributed by atoms with Crippen molar-refractivity contribution in [3.05, 3.63) is 120 Å². The molecular weight excluding hydrogens is 470 g/mol. The summed E-state index contributed by atoms with van der Waals surface area (Å²) >= 11 is 1.64. The van der Waals surface area contributed by atoms with Gasteiger partial charge in [0, 0.05) is 4.90 Å². The fourth-order valence-electron chi connectivity index (χ4n) is 4.32. The second-order valence-electron chi connectivity index (χ2n) is 8.37. The zero-order valence-corrected chi connectivity index (χ0v) is 20.9. The Kier molecular flexibility index (Phi) is 7.14. The fourth-order valence-corrected chi connectivity index (χ4v) is 5.54. The first-order chi connectivity index (χ1) is 17.7. The third kappa shape index (κ3) is 4.90. The average molecular weight is 498 g/mol. The van der Waals surface area contributed by atoms with Crippen LogP contribution in [-0.2, 0) is 4.79 Å². The lowest BCUT2D eigenvalue weighted by Crippen LogP contribution is -2.61. The fraction of sp³-hybridized carbons (Fsp3) is 0.167. The zero-order valence-electron chi connectivity index (χ0n) is 20.1. The Hall–Kier alpha value is -3.90. The molecule has 0 spiro atoms. The maximum absolute atomic E-state index is 13.7. The van der Waals surface area contributed by atoms with Crippen molar-refractivity contribution in [2.45, 2.75) is 22.4 Å². The Morgan fingerprint density at radius 1 is 0.694 bits per heavy atom. The van der Waals surface area contributed by atoms with Crippen molar-refractivity contribution in [1.82, 2.24) is 4.90 Å². The smallest absolute Gasteiger partial charge is 0.268 e. The van der Waals surface area contributed by atoms with Crippen molar-refractivity contribution in [3.8, 4) is 17.2 Å². The van der Waals surface area contributed by atoms with E-state index in [2.05, 4.69) is 12.1 Å². The lowest BCUT2D eigenvalue weighted by atomic mass is 9.89. The molecule has 0 aliphatic carbocycles. The molecule has 182 valence electrons. The van der Waals surface area contributed by atoms with Crippen molar-refractivity contribution in [3.63, 3.8) is 0 Å². The highest BCUT2D eigenvalue weighted by atomic mass is 32.2. The van der Waals surface area contributed by atoms with Crippen LogP contribution < -0.4 is 14.2 Å². The van der Waals surface area contributed by atoms with Crippen molar-refractivity contribution in [2.75, 3.05) is 14.2 Å². The number of hydrogen-bond donors (Lipinski definition) is 0. The Morgan fingerprint density at radius 2 is 1.25 bits per heavy atom. The van der Waals surface area contributed by atoms with Crippen LogP contribution in [0, 0.1) is 0 Å². The molecule has 36 heavy (non-hydrogen) atoms. The highest BCUT2D eigenvalue weighted by molar-refractivity contribution is 7.99. The number of benzene rings is 4. The van der Waals surface area contributed by atoms with E-state index in [0.717, 1.165) is 27.5 Å². The first-order valence-electron chi connectivity index (χ1n) is 11.7. The molecule has 1 saturated heterocycles. The number of likely N-dealkylation sites (tertiary alicyclic amines) is 1. The summed E-state index contributed by atoms with van der Waals surface area (Å²) in [5.74, 6) is 2.16. The van der Waals surface area contributed by atoms with Gasteiger partial charge in [-0.3, -0.25) is 4.79 Å². The van der Waals surface area contributed by atoms with Gasteiger partial charge in [0.15, 0.2) is 0 Å². The molecule has 0 N–H and O–H groups in total. The summed E-state index contributed by atoms with van der Waals surface area (Å²) in [7, 11) is 3.29. The van der Waals surface area contributed by atoms with E-state index in [1.807, 2.05) is 102 Å². The van der Waals surface area contributed by atoms with Crippen LogP contribution in [0.15, 0.2) is 114 Å². The van der Waals surface area contributed by atoms with Crippen LogP contribution in [-0.4, -0.2) is 31.1 Å². The largest absolute Gasteiger partial charge is 0.497 e. The molecule has 0 unspecified atom stereocenters. The molecule has 1 aliphatic heterocycles.